The Hall–Kier alpha value is -1.14. The number of hydrogen-bond acceptors (Lipinski definition) is 6. The topological polar surface area (TPSA) is 41.1 Å². The SMILES string of the molecule is CCNc1nc(-c2cnc(N(C)C)s2)cs1. The van der Waals surface area contributed by atoms with E-state index >= 15 is 0 Å². The average molecular weight is 254 g/mol. The van der Waals surface area contributed by atoms with Gasteiger partial charge in [-0.25, -0.2) is 9.97 Å². The maximum atomic E-state index is 4.50. The first-order valence-corrected chi connectivity index (χ1v) is 6.73. The minimum atomic E-state index is 0.901. The lowest BCUT2D eigenvalue weighted by Crippen LogP contribution is -2.07. The van der Waals surface area contributed by atoms with Gasteiger partial charge in [-0.1, -0.05) is 11.3 Å². The molecule has 0 saturated carbocycles. The Balaban J connectivity index is 2.21. The quantitative estimate of drug-likeness (QED) is 0.911. The summed E-state index contributed by atoms with van der Waals surface area (Å²) in [6, 6.07) is 0. The van der Waals surface area contributed by atoms with Gasteiger partial charge in [0.25, 0.3) is 0 Å². The highest BCUT2D eigenvalue weighted by molar-refractivity contribution is 7.19. The van der Waals surface area contributed by atoms with E-state index in [0.717, 1.165) is 27.4 Å². The molecule has 0 bridgehead atoms. The zero-order chi connectivity index (χ0) is 11.5. The van der Waals surface area contributed by atoms with Gasteiger partial charge in [-0.05, 0) is 6.92 Å². The highest BCUT2D eigenvalue weighted by Crippen LogP contribution is 2.32. The van der Waals surface area contributed by atoms with Crippen LogP contribution in [0.3, 0.4) is 0 Å². The first-order valence-electron chi connectivity index (χ1n) is 5.03. The van der Waals surface area contributed by atoms with Crippen molar-refractivity contribution < 1.29 is 0 Å². The van der Waals surface area contributed by atoms with Crippen LogP contribution in [0.2, 0.25) is 0 Å². The van der Waals surface area contributed by atoms with E-state index < -0.39 is 0 Å². The number of rotatable bonds is 4. The van der Waals surface area contributed by atoms with Gasteiger partial charge in [0.2, 0.25) is 0 Å². The Kier molecular flexibility index (Phi) is 3.40. The lowest BCUT2D eigenvalue weighted by molar-refractivity contribution is 1.10. The van der Waals surface area contributed by atoms with Crippen molar-refractivity contribution in [3.05, 3.63) is 11.6 Å². The van der Waals surface area contributed by atoms with Crippen LogP contribution in [0.4, 0.5) is 10.3 Å². The molecule has 0 unspecified atom stereocenters. The van der Waals surface area contributed by atoms with Crippen LogP contribution in [0.1, 0.15) is 6.92 Å². The molecule has 0 spiro atoms. The Morgan fingerprint density at radius 1 is 1.44 bits per heavy atom. The molecule has 0 amide bonds. The molecule has 16 heavy (non-hydrogen) atoms. The second-order valence-corrected chi connectivity index (χ2v) is 5.34. The lowest BCUT2D eigenvalue weighted by atomic mass is 10.4. The summed E-state index contributed by atoms with van der Waals surface area (Å²) in [7, 11) is 3.99. The molecule has 2 heterocycles. The maximum Gasteiger partial charge on any atom is 0.185 e. The number of thiazole rings is 2. The van der Waals surface area contributed by atoms with E-state index in [1.807, 2.05) is 25.2 Å². The maximum absolute atomic E-state index is 4.50. The van der Waals surface area contributed by atoms with Gasteiger partial charge in [0.05, 0.1) is 10.6 Å². The van der Waals surface area contributed by atoms with Crippen LogP contribution < -0.4 is 10.2 Å². The molecule has 0 aliphatic carbocycles. The molecule has 4 nitrogen and oxygen atoms in total. The van der Waals surface area contributed by atoms with E-state index in [1.54, 1.807) is 22.7 Å². The third-order valence-electron chi connectivity index (χ3n) is 1.96. The Morgan fingerprint density at radius 2 is 2.25 bits per heavy atom. The summed E-state index contributed by atoms with van der Waals surface area (Å²) in [5.41, 5.74) is 1.01. The Bertz CT molecular complexity index is 461. The monoisotopic (exact) mass is 254 g/mol. The standard InChI is InChI=1S/C10H14N4S2/c1-4-11-9-13-7(6-15-9)8-5-12-10(16-8)14(2)3/h5-6H,4H2,1-3H3,(H,11,13). The van der Waals surface area contributed by atoms with Crippen LogP contribution in [-0.2, 0) is 0 Å². The van der Waals surface area contributed by atoms with E-state index in [0.29, 0.717) is 0 Å². The minimum absolute atomic E-state index is 0.901. The molecule has 0 fully saturated rings. The Morgan fingerprint density at radius 3 is 2.88 bits per heavy atom. The highest BCUT2D eigenvalue weighted by atomic mass is 32.1. The third kappa shape index (κ3) is 2.33. The molecule has 1 N–H and O–H groups in total. The van der Waals surface area contributed by atoms with Crippen molar-refractivity contribution in [1.82, 2.24) is 9.97 Å². The van der Waals surface area contributed by atoms with Crippen LogP contribution in [-0.4, -0.2) is 30.6 Å². The minimum Gasteiger partial charge on any atom is -0.362 e. The predicted octanol–water partition coefficient (Wildman–Crippen LogP) is 2.76. The summed E-state index contributed by atoms with van der Waals surface area (Å²) in [6.07, 6.45) is 1.88. The zero-order valence-corrected chi connectivity index (χ0v) is 11.2. The predicted molar refractivity (Wildman–Crippen MR) is 71.7 cm³/mol. The number of nitrogens with zero attached hydrogens (tertiary/aromatic N) is 3. The summed E-state index contributed by atoms with van der Waals surface area (Å²) in [5.74, 6) is 0. The van der Waals surface area contributed by atoms with Gasteiger partial charge >= 0.3 is 0 Å². The zero-order valence-electron chi connectivity index (χ0n) is 9.52. The van der Waals surface area contributed by atoms with Crippen LogP contribution in [0.25, 0.3) is 10.6 Å². The molecule has 0 aliphatic rings. The molecule has 2 aromatic heterocycles. The third-order valence-corrected chi connectivity index (χ3v) is 3.95. The van der Waals surface area contributed by atoms with Crippen LogP contribution in [0, 0.1) is 0 Å². The highest BCUT2D eigenvalue weighted by Gasteiger charge is 2.09. The summed E-state index contributed by atoms with van der Waals surface area (Å²) < 4.78 is 0. The van der Waals surface area contributed by atoms with Crippen molar-refractivity contribution in [3.63, 3.8) is 0 Å². The second-order valence-electron chi connectivity index (χ2n) is 3.47. The molecule has 0 radical (unpaired) electrons. The lowest BCUT2D eigenvalue weighted by Gasteiger charge is -2.04. The fraction of sp³-hybridized carbons (Fsp3) is 0.400. The van der Waals surface area contributed by atoms with Crippen LogP contribution >= 0.6 is 22.7 Å². The second kappa shape index (κ2) is 4.80. The van der Waals surface area contributed by atoms with E-state index in [-0.39, 0.29) is 0 Å². The van der Waals surface area contributed by atoms with Gasteiger partial charge in [0.15, 0.2) is 10.3 Å². The molecule has 0 saturated heterocycles. The molecule has 86 valence electrons. The molecule has 0 aliphatic heterocycles. The molecule has 2 aromatic rings. The van der Waals surface area contributed by atoms with Gasteiger partial charge in [0.1, 0.15) is 0 Å². The van der Waals surface area contributed by atoms with E-state index in [9.17, 15) is 0 Å². The van der Waals surface area contributed by atoms with Gasteiger partial charge in [-0.3, -0.25) is 0 Å². The normalized spacial score (nSPS) is 10.4. The molecule has 2 rings (SSSR count). The number of anilines is 2. The number of hydrogen-bond donors (Lipinski definition) is 1. The smallest absolute Gasteiger partial charge is 0.185 e. The van der Waals surface area contributed by atoms with Crippen molar-refractivity contribution >= 4 is 32.9 Å². The Labute approximate surface area is 103 Å². The molecule has 0 aromatic carbocycles. The van der Waals surface area contributed by atoms with Crippen molar-refractivity contribution in [3.8, 4) is 10.6 Å². The first-order chi connectivity index (χ1) is 7.70. The number of aromatic nitrogens is 2. The van der Waals surface area contributed by atoms with E-state index in [1.165, 1.54) is 0 Å². The fourth-order valence-corrected chi connectivity index (χ4v) is 2.86. The molecule has 0 atom stereocenters. The van der Waals surface area contributed by atoms with Crippen molar-refractivity contribution in [2.75, 3.05) is 30.9 Å². The first kappa shape index (κ1) is 11.3. The van der Waals surface area contributed by atoms with Crippen molar-refractivity contribution in [2.24, 2.45) is 0 Å². The van der Waals surface area contributed by atoms with E-state index in [4.69, 9.17) is 0 Å². The number of nitrogens with one attached hydrogen (secondary N) is 1. The van der Waals surface area contributed by atoms with Gasteiger partial charge in [0, 0.05) is 32.2 Å². The van der Waals surface area contributed by atoms with Crippen molar-refractivity contribution in [1.29, 1.82) is 0 Å². The molecule has 6 heteroatoms. The summed E-state index contributed by atoms with van der Waals surface area (Å²) >= 11 is 3.29. The fourth-order valence-electron chi connectivity index (χ4n) is 1.21. The molecular formula is C10H14N4S2. The van der Waals surface area contributed by atoms with Gasteiger partial charge in [-0.2, -0.15) is 0 Å². The average Bonchev–Trinajstić information content (AvgIpc) is 2.84. The summed E-state index contributed by atoms with van der Waals surface area (Å²) in [5, 5.41) is 7.25. The van der Waals surface area contributed by atoms with Crippen LogP contribution in [0.15, 0.2) is 11.6 Å². The largest absolute Gasteiger partial charge is 0.362 e. The van der Waals surface area contributed by atoms with Crippen LogP contribution in [0.5, 0.6) is 0 Å². The summed E-state index contributed by atoms with van der Waals surface area (Å²) in [6.45, 7) is 2.97. The van der Waals surface area contributed by atoms with Crippen molar-refractivity contribution in [2.45, 2.75) is 6.92 Å². The van der Waals surface area contributed by atoms with Gasteiger partial charge < -0.3 is 10.2 Å². The van der Waals surface area contributed by atoms with E-state index in [2.05, 4.69) is 27.6 Å². The molecular weight excluding hydrogens is 240 g/mol. The van der Waals surface area contributed by atoms with Gasteiger partial charge in [-0.15, -0.1) is 11.3 Å². The summed E-state index contributed by atoms with van der Waals surface area (Å²) in [4.78, 5) is 12.0.